The molecule has 4 heterocycles. The van der Waals surface area contributed by atoms with E-state index in [9.17, 15) is 4.79 Å². The van der Waals surface area contributed by atoms with Crippen molar-refractivity contribution in [3.8, 4) is 0 Å². The van der Waals surface area contributed by atoms with Crippen molar-refractivity contribution in [1.82, 2.24) is 24.1 Å². The molecule has 0 N–H and O–H groups in total. The van der Waals surface area contributed by atoms with Gasteiger partial charge in [-0.1, -0.05) is 13.8 Å². The molecule has 3 aromatic heterocycles. The summed E-state index contributed by atoms with van der Waals surface area (Å²) in [5, 5.41) is 4.41. The van der Waals surface area contributed by atoms with Gasteiger partial charge in [0.25, 0.3) is 5.56 Å². The molecular weight excluding hydrogens is 340 g/mol. The van der Waals surface area contributed by atoms with Crippen LogP contribution in [0.2, 0.25) is 0 Å². The molecule has 7 nitrogen and oxygen atoms in total. The van der Waals surface area contributed by atoms with E-state index in [1.54, 1.807) is 23.2 Å². The molecule has 27 heavy (non-hydrogen) atoms. The number of rotatable bonds is 4. The molecule has 0 aromatic carbocycles. The van der Waals surface area contributed by atoms with Crippen LogP contribution in [0.1, 0.15) is 44.0 Å². The second-order valence-electron chi connectivity index (χ2n) is 7.75. The summed E-state index contributed by atoms with van der Waals surface area (Å²) in [5.41, 5.74) is 2.81. The summed E-state index contributed by atoms with van der Waals surface area (Å²) in [6.45, 7) is 8.78. The Labute approximate surface area is 158 Å². The van der Waals surface area contributed by atoms with Gasteiger partial charge in [-0.05, 0) is 31.6 Å². The first-order chi connectivity index (χ1) is 13.0. The molecular formula is C20H26N6O. The number of nitrogens with zero attached hydrogens (tertiary/aromatic N) is 6. The molecule has 0 atom stereocenters. The number of hydrogen-bond acceptors (Lipinski definition) is 5. The van der Waals surface area contributed by atoms with E-state index < -0.39 is 0 Å². The second kappa shape index (κ2) is 7.13. The van der Waals surface area contributed by atoms with Crippen molar-refractivity contribution < 1.29 is 0 Å². The topological polar surface area (TPSA) is 68.3 Å². The predicted molar refractivity (Wildman–Crippen MR) is 105 cm³/mol. The third-order valence-corrected chi connectivity index (χ3v) is 5.35. The molecule has 1 aliphatic heterocycles. The maximum absolute atomic E-state index is 12.4. The average Bonchev–Trinajstić information content (AvgIpc) is 3.11. The molecule has 0 bridgehead atoms. The van der Waals surface area contributed by atoms with Gasteiger partial charge in [-0.3, -0.25) is 9.36 Å². The smallest absolute Gasteiger partial charge is 0.253 e. The largest absolute Gasteiger partial charge is 0.356 e. The summed E-state index contributed by atoms with van der Waals surface area (Å²) in [6, 6.07) is 5.71. The van der Waals surface area contributed by atoms with Gasteiger partial charge >= 0.3 is 0 Å². The number of piperidine rings is 1. The lowest BCUT2D eigenvalue weighted by Crippen LogP contribution is -2.37. The van der Waals surface area contributed by atoms with Gasteiger partial charge in [-0.25, -0.2) is 9.97 Å². The van der Waals surface area contributed by atoms with Crippen molar-refractivity contribution in [2.24, 2.45) is 5.92 Å². The van der Waals surface area contributed by atoms with Crippen molar-refractivity contribution in [2.75, 3.05) is 18.0 Å². The van der Waals surface area contributed by atoms with Crippen LogP contribution in [0.3, 0.4) is 0 Å². The summed E-state index contributed by atoms with van der Waals surface area (Å²) in [7, 11) is 0. The van der Waals surface area contributed by atoms with Crippen molar-refractivity contribution in [3.05, 3.63) is 52.5 Å². The number of fused-ring (bicyclic) bond motifs is 1. The Morgan fingerprint density at radius 1 is 1.22 bits per heavy atom. The molecule has 1 fully saturated rings. The normalized spacial score (nSPS) is 15.8. The number of aryl methyl sites for hydroxylation is 1. The van der Waals surface area contributed by atoms with Crippen molar-refractivity contribution in [3.63, 3.8) is 0 Å². The quantitative estimate of drug-likeness (QED) is 0.710. The second-order valence-corrected chi connectivity index (χ2v) is 7.75. The summed E-state index contributed by atoms with van der Waals surface area (Å²) in [6.07, 6.45) is 5.59. The Balaban J connectivity index is 1.45. The summed E-state index contributed by atoms with van der Waals surface area (Å²) in [4.78, 5) is 23.7. The fourth-order valence-corrected chi connectivity index (χ4v) is 3.76. The van der Waals surface area contributed by atoms with Crippen LogP contribution in [-0.2, 0) is 6.54 Å². The fraction of sp³-hybridized carbons (Fsp3) is 0.500. The maximum Gasteiger partial charge on any atom is 0.253 e. The van der Waals surface area contributed by atoms with Gasteiger partial charge in [0.15, 0.2) is 5.65 Å². The predicted octanol–water partition coefficient (Wildman–Crippen LogP) is 2.63. The molecule has 1 saturated heterocycles. The minimum absolute atomic E-state index is 0.0548. The van der Waals surface area contributed by atoms with Crippen LogP contribution in [0.15, 0.2) is 35.5 Å². The Morgan fingerprint density at radius 2 is 2.00 bits per heavy atom. The molecule has 0 radical (unpaired) electrons. The Kier molecular flexibility index (Phi) is 4.68. The molecule has 3 aromatic rings. The van der Waals surface area contributed by atoms with E-state index in [1.807, 2.05) is 17.5 Å². The number of hydrogen-bond donors (Lipinski definition) is 0. The highest BCUT2D eigenvalue weighted by Crippen LogP contribution is 2.25. The molecule has 0 saturated carbocycles. The zero-order valence-corrected chi connectivity index (χ0v) is 16.2. The fourth-order valence-electron chi connectivity index (χ4n) is 3.76. The minimum atomic E-state index is 0.0548. The molecule has 0 aliphatic carbocycles. The van der Waals surface area contributed by atoms with E-state index in [0.29, 0.717) is 5.92 Å². The lowest BCUT2D eigenvalue weighted by atomic mass is 9.96. The maximum atomic E-state index is 12.4. The lowest BCUT2D eigenvalue weighted by Gasteiger charge is -2.33. The molecule has 1 aliphatic rings. The van der Waals surface area contributed by atoms with Crippen molar-refractivity contribution in [2.45, 2.75) is 46.1 Å². The minimum Gasteiger partial charge on any atom is -0.356 e. The molecule has 4 rings (SSSR count). The Hall–Kier alpha value is -2.70. The average molecular weight is 366 g/mol. The molecule has 0 unspecified atom stereocenters. The first-order valence-corrected chi connectivity index (χ1v) is 9.64. The molecule has 7 heteroatoms. The van der Waals surface area contributed by atoms with Gasteiger partial charge in [0.05, 0.1) is 18.2 Å². The first kappa shape index (κ1) is 17.7. The monoisotopic (exact) mass is 366 g/mol. The zero-order chi connectivity index (χ0) is 19.0. The molecule has 0 amide bonds. The van der Waals surface area contributed by atoms with Gasteiger partial charge in [-0.2, -0.15) is 9.61 Å². The Bertz CT molecular complexity index is 997. The van der Waals surface area contributed by atoms with Crippen molar-refractivity contribution in [1.29, 1.82) is 0 Å². The van der Waals surface area contributed by atoms with Gasteiger partial charge in [-0.15, -0.1) is 0 Å². The highest BCUT2D eigenvalue weighted by atomic mass is 16.1. The zero-order valence-electron chi connectivity index (χ0n) is 16.2. The van der Waals surface area contributed by atoms with E-state index >= 15 is 0 Å². The van der Waals surface area contributed by atoms with Crippen LogP contribution in [-0.4, -0.2) is 37.2 Å². The van der Waals surface area contributed by atoms with Gasteiger partial charge in [0.1, 0.15) is 5.82 Å². The summed E-state index contributed by atoms with van der Waals surface area (Å²) < 4.78 is 3.67. The van der Waals surface area contributed by atoms with Crippen LogP contribution in [0.25, 0.3) is 5.65 Å². The van der Waals surface area contributed by atoms with Crippen LogP contribution >= 0.6 is 0 Å². The van der Waals surface area contributed by atoms with Gasteiger partial charge in [0.2, 0.25) is 0 Å². The SMILES string of the molecule is Cc1cc(N2CCC(Cn3cnc(C(C)C)cc3=O)CC2)n2nccc2n1. The summed E-state index contributed by atoms with van der Waals surface area (Å²) in [5.74, 6) is 1.86. The van der Waals surface area contributed by atoms with Crippen LogP contribution in [0.5, 0.6) is 0 Å². The van der Waals surface area contributed by atoms with Gasteiger partial charge < -0.3 is 4.90 Å². The van der Waals surface area contributed by atoms with E-state index in [1.165, 1.54) is 0 Å². The van der Waals surface area contributed by atoms with Crippen LogP contribution < -0.4 is 10.5 Å². The first-order valence-electron chi connectivity index (χ1n) is 9.64. The van der Waals surface area contributed by atoms with E-state index in [2.05, 4.69) is 39.9 Å². The van der Waals surface area contributed by atoms with Crippen LogP contribution in [0.4, 0.5) is 5.82 Å². The third kappa shape index (κ3) is 3.59. The summed E-state index contributed by atoms with van der Waals surface area (Å²) >= 11 is 0. The van der Waals surface area contributed by atoms with Gasteiger partial charge in [0, 0.05) is 43.5 Å². The third-order valence-electron chi connectivity index (χ3n) is 5.35. The number of aromatic nitrogens is 5. The van der Waals surface area contributed by atoms with E-state index in [0.717, 1.165) is 55.3 Å². The Morgan fingerprint density at radius 3 is 2.70 bits per heavy atom. The van der Waals surface area contributed by atoms with E-state index in [-0.39, 0.29) is 11.5 Å². The standard InChI is InChI=1S/C20H26N6O/c1-14(2)17-11-20(27)25(13-21-17)12-16-5-8-24(9-6-16)19-10-15(3)23-18-4-7-22-26(18)19/h4,7,10-11,13-14,16H,5-6,8-9,12H2,1-3H3. The lowest BCUT2D eigenvalue weighted by molar-refractivity contribution is 0.349. The van der Waals surface area contributed by atoms with Crippen molar-refractivity contribution >= 4 is 11.5 Å². The molecule has 142 valence electrons. The highest BCUT2D eigenvalue weighted by Gasteiger charge is 2.22. The van der Waals surface area contributed by atoms with Crippen LogP contribution in [0, 0.1) is 12.8 Å². The molecule has 0 spiro atoms. The highest BCUT2D eigenvalue weighted by molar-refractivity contribution is 5.50. The number of anilines is 1. The van der Waals surface area contributed by atoms with E-state index in [4.69, 9.17) is 0 Å².